The van der Waals surface area contributed by atoms with E-state index in [0.717, 1.165) is 5.56 Å². The molecule has 1 amide bonds. The van der Waals surface area contributed by atoms with Crippen molar-refractivity contribution in [3.05, 3.63) is 53.6 Å². The molecule has 24 heavy (non-hydrogen) atoms. The predicted octanol–water partition coefficient (Wildman–Crippen LogP) is 2.87. The molecule has 0 saturated heterocycles. The van der Waals surface area contributed by atoms with Crippen LogP contribution in [0.15, 0.2) is 47.6 Å². The fourth-order valence-corrected chi connectivity index (χ4v) is 2.15. The molecule has 0 radical (unpaired) electrons. The summed E-state index contributed by atoms with van der Waals surface area (Å²) in [6.45, 7) is 1.80. The van der Waals surface area contributed by atoms with Gasteiger partial charge in [0.25, 0.3) is 5.91 Å². The van der Waals surface area contributed by atoms with Gasteiger partial charge in [0.05, 0.1) is 32.6 Å². The Bertz CT molecular complexity index is 756. The van der Waals surface area contributed by atoms with E-state index in [4.69, 9.17) is 14.2 Å². The Kier molecular flexibility index (Phi) is 5.78. The third-order valence-corrected chi connectivity index (χ3v) is 3.48. The summed E-state index contributed by atoms with van der Waals surface area (Å²) < 4.78 is 15.6. The van der Waals surface area contributed by atoms with Crippen LogP contribution in [-0.2, 0) is 0 Å². The van der Waals surface area contributed by atoms with Crippen LogP contribution in [0.1, 0.15) is 22.8 Å². The minimum Gasteiger partial charge on any atom is -0.496 e. The number of carbonyl (C=O) groups excluding carboxylic acids is 1. The number of hydrogen-bond acceptors (Lipinski definition) is 5. The number of carbonyl (C=O) groups is 1. The summed E-state index contributed by atoms with van der Waals surface area (Å²) in [6, 6.07) is 12.4. The zero-order valence-electron chi connectivity index (χ0n) is 14.1. The predicted molar refractivity (Wildman–Crippen MR) is 92.2 cm³/mol. The number of para-hydroxylation sites is 1. The van der Waals surface area contributed by atoms with Gasteiger partial charge in [-0.1, -0.05) is 12.1 Å². The van der Waals surface area contributed by atoms with Crippen LogP contribution < -0.4 is 19.6 Å². The third kappa shape index (κ3) is 3.84. The highest BCUT2D eigenvalue weighted by Crippen LogP contribution is 2.27. The first-order valence-electron chi connectivity index (χ1n) is 7.30. The van der Waals surface area contributed by atoms with Crippen molar-refractivity contribution in [3.63, 3.8) is 0 Å². The number of hydrazone groups is 1. The zero-order valence-corrected chi connectivity index (χ0v) is 14.1. The van der Waals surface area contributed by atoms with Crippen LogP contribution in [0.3, 0.4) is 0 Å². The van der Waals surface area contributed by atoms with Crippen molar-refractivity contribution >= 4 is 11.6 Å². The SMILES string of the molecule is COc1ccc(/C(C)=N\NC(=O)c2ccccc2OC)cc1OC. The molecule has 6 heteroatoms. The topological polar surface area (TPSA) is 69.2 Å². The number of benzene rings is 2. The van der Waals surface area contributed by atoms with E-state index >= 15 is 0 Å². The van der Waals surface area contributed by atoms with Crippen molar-refractivity contribution in [2.24, 2.45) is 5.10 Å². The molecule has 126 valence electrons. The second kappa shape index (κ2) is 8.01. The molecule has 0 spiro atoms. The van der Waals surface area contributed by atoms with Crippen LogP contribution in [0.4, 0.5) is 0 Å². The Morgan fingerprint density at radius 3 is 2.25 bits per heavy atom. The number of amides is 1. The summed E-state index contributed by atoms with van der Waals surface area (Å²) in [5.41, 5.74) is 4.41. The molecule has 0 unspecified atom stereocenters. The molecule has 0 aliphatic rings. The molecular weight excluding hydrogens is 308 g/mol. The summed E-state index contributed by atoms with van der Waals surface area (Å²) in [6.07, 6.45) is 0. The number of ether oxygens (including phenoxy) is 3. The van der Waals surface area contributed by atoms with Gasteiger partial charge in [-0.3, -0.25) is 4.79 Å². The highest BCUT2D eigenvalue weighted by atomic mass is 16.5. The lowest BCUT2D eigenvalue weighted by molar-refractivity contribution is 0.0952. The molecule has 0 aromatic heterocycles. The first-order valence-corrected chi connectivity index (χ1v) is 7.30. The summed E-state index contributed by atoms with van der Waals surface area (Å²) in [4.78, 5) is 12.2. The van der Waals surface area contributed by atoms with E-state index in [1.807, 2.05) is 6.07 Å². The van der Waals surface area contributed by atoms with Crippen molar-refractivity contribution in [2.45, 2.75) is 6.92 Å². The minimum absolute atomic E-state index is 0.340. The van der Waals surface area contributed by atoms with E-state index in [1.54, 1.807) is 57.5 Å². The van der Waals surface area contributed by atoms with E-state index in [-0.39, 0.29) is 5.91 Å². The number of nitrogens with zero attached hydrogens (tertiary/aromatic N) is 1. The normalized spacial score (nSPS) is 10.9. The molecule has 0 atom stereocenters. The molecule has 2 aromatic carbocycles. The first kappa shape index (κ1) is 17.3. The van der Waals surface area contributed by atoms with E-state index < -0.39 is 0 Å². The largest absolute Gasteiger partial charge is 0.496 e. The van der Waals surface area contributed by atoms with Crippen molar-refractivity contribution < 1.29 is 19.0 Å². The minimum atomic E-state index is -0.340. The van der Waals surface area contributed by atoms with Crippen molar-refractivity contribution in [2.75, 3.05) is 21.3 Å². The molecule has 0 heterocycles. The average molecular weight is 328 g/mol. The standard InChI is InChI=1S/C18H20N2O4/c1-12(13-9-10-16(23-3)17(11-13)24-4)19-20-18(21)14-7-5-6-8-15(14)22-2/h5-11H,1-4H3,(H,20,21)/b19-12-. The third-order valence-electron chi connectivity index (χ3n) is 3.48. The van der Waals surface area contributed by atoms with Gasteiger partial charge >= 0.3 is 0 Å². The highest BCUT2D eigenvalue weighted by Gasteiger charge is 2.11. The van der Waals surface area contributed by atoms with Crippen molar-refractivity contribution in [3.8, 4) is 17.2 Å². The number of hydrogen-bond donors (Lipinski definition) is 1. The Hall–Kier alpha value is -3.02. The Morgan fingerprint density at radius 2 is 1.58 bits per heavy atom. The van der Waals surface area contributed by atoms with Gasteiger partial charge in [0.2, 0.25) is 0 Å². The molecule has 2 aromatic rings. The maximum atomic E-state index is 12.2. The second-order valence-electron chi connectivity index (χ2n) is 4.91. The lowest BCUT2D eigenvalue weighted by atomic mass is 10.1. The Morgan fingerprint density at radius 1 is 0.917 bits per heavy atom. The summed E-state index contributed by atoms with van der Waals surface area (Å²) >= 11 is 0. The molecule has 6 nitrogen and oxygen atoms in total. The van der Waals surface area contributed by atoms with E-state index in [0.29, 0.717) is 28.5 Å². The van der Waals surface area contributed by atoms with E-state index in [1.165, 1.54) is 7.11 Å². The van der Waals surface area contributed by atoms with Crippen LogP contribution in [0.25, 0.3) is 0 Å². The van der Waals surface area contributed by atoms with Gasteiger partial charge in [-0.15, -0.1) is 0 Å². The van der Waals surface area contributed by atoms with Gasteiger partial charge in [-0.2, -0.15) is 5.10 Å². The van der Waals surface area contributed by atoms with Gasteiger partial charge in [0, 0.05) is 5.56 Å². The Balaban J connectivity index is 2.18. The quantitative estimate of drug-likeness (QED) is 0.654. The number of nitrogens with one attached hydrogen (secondary N) is 1. The molecule has 1 N–H and O–H groups in total. The number of rotatable bonds is 6. The van der Waals surface area contributed by atoms with Crippen molar-refractivity contribution in [1.82, 2.24) is 5.43 Å². The fourth-order valence-electron chi connectivity index (χ4n) is 2.15. The van der Waals surface area contributed by atoms with Gasteiger partial charge < -0.3 is 14.2 Å². The van der Waals surface area contributed by atoms with Crippen molar-refractivity contribution in [1.29, 1.82) is 0 Å². The van der Waals surface area contributed by atoms with Gasteiger partial charge in [-0.25, -0.2) is 5.43 Å². The molecular formula is C18H20N2O4. The monoisotopic (exact) mass is 328 g/mol. The molecule has 0 aliphatic carbocycles. The van der Waals surface area contributed by atoms with Crippen LogP contribution in [-0.4, -0.2) is 32.9 Å². The van der Waals surface area contributed by atoms with E-state index in [2.05, 4.69) is 10.5 Å². The molecule has 0 aliphatic heterocycles. The average Bonchev–Trinajstić information content (AvgIpc) is 2.64. The summed E-state index contributed by atoms with van der Waals surface area (Å²) in [7, 11) is 4.66. The van der Waals surface area contributed by atoms with Crippen LogP contribution in [0.5, 0.6) is 17.2 Å². The lowest BCUT2D eigenvalue weighted by Gasteiger charge is -2.10. The van der Waals surface area contributed by atoms with E-state index in [9.17, 15) is 4.79 Å². The second-order valence-corrected chi connectivity index (χ2v) is 4.91. The highest BCUT2D eigenvalue weighted by molar-refractivity contribution is 6.02. The molecule has 0 saturated carbocycles. The summed E-state index contributed by atoms with van der Waals surface area (Å²) in [5.74, 6) is 1.38. The number of methoxy groups -OCH3 is 3. The van der Waals surface area contributed by atoms with Crippen LogP contribution >= 0.6 is 0 Å². The van der Waals surface area contributed by atoms with Crippen LogP contribution in [0.2, 0.25) is 0 Å². The molecule has 0 bridgehead atoms. The first-order chi connectivity index (χ1) is 11.6. The van der Waals surface area contributed by atoms with Gasteiger partial charge in [-0.05, 0) is 37.3 Å². The molecule has 0 fully saturated rings. The molecule has 2 rings (SSSR count). The lowest BCUT2D eigenvalue weighted by Crippen LogP contribution is -2.20. The zero-order chi connectivity index (χ0) is 17.5. The maximum absolute atomic E-state index is 12.2. The van der Waals surface area contributed by atoms with Gasteiger partial charge in [0.15, 0.2) is 11.5 Å². The van der Waals surface area contributed by atoms with Gasteiger partial charge in [0.1, 0.15) is 5.75 Å². The maximum Gasteiger partial charge on any atom is 0.275 e. The fraction of sp³-hybridized carbons (Fsp3) is 0.222. The Labute approximate surface area is 141 Å². The smallest absolute Gasteiger partial charge is 0.275 e. The van der Waals surface area contributed by atoms with Crippen LogP contribution in [0, 0.1) is 0 Å². The summed E-state index contributed by atoms with van der Waals surface area (Å²) in [5, 5.41) is 4.14.